The molecule has 2 amide bonds. The van der Waals surface area contributed by atoms with Crippen molar-refractivity contribution >= 4 is 23.5 Å². The fourth-order valence-corrected chi connectivity index (χ4v) is 4.38. The summed E-state index contributed by atoms with van der Waals surface area (Å²) in [5.74, 6) is -1.88. The molecule has 0 unspecified atom stereocenters. The predicted molar refractivity (Wildman–Crippen MR) is 78.2 cm³/mol. The fourth-order valence-electron chi connectivity index (χ4n) is 4.38. The Morgan fingerprint density at radius 2 is 2.00 bits per heavy atom. The van der Waals surface area contributed by atoms with Gasteiger partial charge in [-0.1, -0.05) is 24.3 Å². The minimum Gasteiger partial charge on any atom is -0.478 e. The van der Waals surface area contributed by atoms with Gasteiger partial charge in [-0.3, -0.25) is 9.59 Å². The third kappa shape index (κ3) is 1.36. The van der Waals surface area contributed by atoms with Gasteiger partial charge in [-0.15, -0.1) is 0 Å². The number of allylic oxidation sites excluding steroid dienone is 2. The first-order chi connectivity index (χ1) is 10.5. The molecule has 112 valence electrons. The molecule has 4 atom stereocenters. The largest absolute Gasteiger partial charge is 0.478 e. The molecule has 1 saturated heterocycles. The molecule has 4 rings (SSSR count). The van der Waals surface area contributed by atoms with E-state index in [1.807, 2.05) is 19.1 Å². The van der Waals surface area contributed by atoms with Gasteiger partial charge < -0.3 is 5.11 Å². The Hall–Kier alpha value is -2.43. The van der Waals surface area contributed by atoms with Gasteiger partial charge in [0.25, 0.3) is 0 Å². The van der Waals surface area contributed by atoms with Crippen LogP contribution in [-0.4, -0.2) is 22.9 Å². The molecule has 1 aromatic rings. The minimum absolute atomic E-state index is 0.0203. The Bertz CT molecular complexity index is 753. The topological polar surface area (TPSA) is 74.7 Å². The van der Waals surface area contributed by atoms with Crippen molar-refractivity contribution in [1.29, 1.82) is 0 Å². The van der Waals surface area contributed by atoms with Gasteiger partial charge in [0, 0.05) is 0 Å². The van der Waals surface area contributed by atoms with Crippen LogP contribution in [0.25, 0.3) is 0 Å². The van der Waals surface area contributed by atoms with Gasteiger partial charge in [0.05, 0.1) is 22.6 Å². The van der Waals surface area contributed by atoms with Crippen LogP contribution < -0.4 is 4.90 Å². The maximum Gasteiger partial charge on any atom is 0.337 e. The maximum absolute atomic E-state index is 13.0. The van der Waals surface area contributed by atoms with Crippen molar-refractivity contribution in [1.82, 2.24) is 0 Å². The van der Waals surface area contributed by atoms with E-state index >= 15 is 0 Å². The summed E-state index contributed by atoms with van der Waals surface area (Å²) in [6.45, 7) is 1.84. The molecular weight excluding hydrogens is 282 g/mol. The lowest BCUT2D eigenvalue weighted by Crippen LogP contribution is -2.38. The fraction of sp³-hybridized carbons (Fsp3) is 0.353. The summed E-state index contributed by atoms with van der Waals surface area (Å²) in [6.07, 6.45) is 4.89. The second kappa shape index (κ2) is 4.06. The molecule has 5 nitrogen and oxygen atoms in total. The van der Waals surface area contributed by atoms with Gasteiger partial charge >= 0.3 is 5.97 Å². The van der Waals surface area contributed by atoms with E-state index in [9.17, 15) is 19.5 Å². The molecule has 0 radical (unpaired) electrons. The van der Waals surface area contributed by atoms with E-state index in [0.29, 0.717) is 0 Å². The highest BCUT2D eigenvalue weighted by molar-refractivity contribution is 6.25. The summed E-state index contributed by atoms with van der Waals surface area (Å²) in [5, 5.41) is 9.32. The summed E-state index contributed by atoms with van der Waals surface area (Å²) in [6, 6.07) is 6.18. The average Bonchev–Trinajstić information content (AvgIpc) is 3.12. The van der Waals surface area contributed by atoms with Crippen LogP contribution in [0, 0.1) is 23.2 Å². The van der Waals surface area contributed by atoms with Crippen molar-refractivity contribution in [3.63, 3.8) is 0 Å². The number of nitrogens with zero attached hydrogens (tertiary/aromatic N) is 1. The molecule has 2 fully saturated rings. The molecule has 2 aliphatic carbocycles. The number of para-hydroxylation sites is 1. The molecule has 1 heterocycles. The number of carbonyl (C=O) groups is 3. The number of carboxylic acids is 1. The lowest BCUT2D eigenvalue weighted by Gasteiger charge is -2.28. The number of aromatic carboxylic acids is 1. The normalized spacial score (nSPS) is 35.3. The highest BCUT2D eigenvalue weighted by atomic mass is 16.4. The maximum atomic E-state index is 13.0. The molecule has 0 aromatic heterocycles. The van der Waals surface area contributed by atoms with Gasteiger partial charge in [-0.25, -0.2) is 9.69 Å². The Morgan fingerprint density at radius 3 is 2.68 bits per heavy atom. The van der Waals surface area contributed by atoms with E-state index in [1.54, 1.807) is 12.1 Å². The molecule has 3 aliphatic rings. The summed E-state index contributed by atoms with van der Waals surface area (Å²) in [5.41, 5.74) is -0.574. The van der Waals surface area contributed by atoms with Gasteiger partial charge in [0.1, 0.15) is 0 Å². The first-order valence-electron chi connectivity index (χ1n) is 7.35. The van der Waals surface area contributed by atoms with E-state index in [0.717, 1.165) is 11.3 Å². The number of carbonyl (C=O) groups excluding carboxylic acids is 2. The van der Waals surface area contributed by atoms with Crippen molar-refractivity contribution < 1.29 is 19.5 Å². The number of benzene rings is 1. The Kier molecular flexibility index (Phi) is 2.45. The number of carboxylic acid groups (broad SMARTS) is 1. The molecule has 1 saturated carbocycles. The van der Waals surface area contributed by atoms with Crippen LogP contribution in [0.3, 0.4) is 0 Å². The van der Waals surface area contributed by atoms with Crippen LogP contribution in [0.5, 0.6) is 0 Å². The lowest BCUT2D eigenvalue weighted by molar-refractivity contribution is -0.127. The Balaban J connectivity index is 1.85. The predicted octanol–water partition coefficient (Wildman–Crippen LogP) is 2.09. The minimum atomic E-state index is -1.14. The molecule has 2 bridgehead atoms. The second-order valence-electron chi connectivity index (χ2n) is 6.45. The van der Waals surface area contributed by atoms with Gasteiger partial charge in [-0.05, 0) is 37.3 Å². The van der Waals surface area contributed by atoms with E-state index in [1.165, 1.54) is 12.1 Å². The zero-order chi connectivity index (χ0) is 15.6. The van der Waals surface area contributed by atoms with E-state index in [2.05, 4.69) is 0 Å². The summed E-state index contributed by atoms with van der Waals surface area (Å²) < 4.78 is 0. The molecule has 22 heavy (non-hydrogen) atoms. The summed E-state index contributed by atoms with van der Waals surface area (Å²) >= 11 is 0. The van der Waals surface area contributed by atoms with Crippen molar-refractivity contribution in [2.45, 2.75) is 13.3 Å². The zero-order valence-corrected chi connectivity index (χ0v) is 12.0. The second-order valence-corrected chi connectivity index (χ2v) is 6.45. The van der Waals surface area contributed by atoms with Crippen LogP contribution in [-0.2, 0) is 9.59 Å². The third-order valence-electron chi connectivity index (χ3n) is 5.49. The highest BCUT2D eigenvalue weighted by Crippen LogP contribution is 2.61. The number of fused-ring (bicyclic) bond motifs is 5. The van der Waals surface area contributed by atoms with Gasteiger partial charge in [-0.2, -0.15) is 0 Å². The van der Waals surface area contributed by atoms with Crippen molar-refractivity contribution in [2.75, 3.05) is 4.90 Å². The van der Waals surface area contributed by atoms with Gasteiger partial charge in [0.15, 0.2) is 0 Å². The van der Waals surface area contributed by atoms with Crippen molar-refractivity contribution in [3.8, 4) is 0 Å². The first-order valence-corrected chi connectivity index (χ1v) is 7.35. The Labute approximate surface area is 127 Å². The van der Waals surface area contributed by atoms with Crippen molar-refractivity contribution in [3.05, 3.63) is 42.0 Å². The summed E-state index contributed by atoms with van der Waals surface area (Å²) in [4.78, 5) is 38.3. The number of rotatable bonds is 2. The first kappa shape index (κ1) is 13.2. The highest BCUT2D eigenvalue weighted by Gasteiger charge is 2.67. The molecular formula is C17H15NO4. The molecule has 1 N–H and O–H groups in total. The van der Waals surface area contributed by atoms with E-state index in [4.69, 9.17) is 0 Å². The smallest absolute Gasteiger partial charge is 0.337 e. The number of imide groups is 1. The standard InChI is InChI=1S/C17H15NO4/c1-17-10-7-6-9(8-10)13(17)14(19)18(16(17)22)12-5-3-2-4-11(12)15(20)21/h2-7,9-10,13H,8H2,1H3,(H,20,21)/t9-,10+,13+,17+/m1/s1. The third-order valence-corrected chi connectivity index (χ3v) is 5.49. The number of hydrogen-bond acceptors (Lipinski definition) is 3. The molecule has 1 aliphatic heterocycles. The van der Waals surface area contributed by atoms with Gasteiger partial charge in [0.2, 0.25) is 11.8 Å². The Morgan fingerprint density at radius 1 is 1.27 bits per heavy atom. The van der Waals surface area contributed by atoms with E-state index in [-0.39, 0.29) is 40.8 Å². The van der Waals surface area contributed by atoms with Crippen LogP contribution in [0.4, 0.5) is 5.69 Å². The molecule has 5 heteroatoms. The SMILES string of the molecule is C[C@@]12C(=O)N(c3ccccc3C(=O)O)C(=O)[C@@H]1[C@@H]1C=C[C@H]2C1. The van der Waals surface area contributed by atoms with E-state index < -0.39 is 11.4 Å². The van der Waals surface area contributed by atoms with Crippen LogP contribution in [0.15, 0.2) is 36.4 Å². The number of hydrogen-bond donors (Lipinski definition) is 1. The quantitative estimate of drug-likeness (QED) is 0.670. The zero-order valence-electron chi connectivity index (χ0n) is 12.0. The van der Waals surface area contributed by atoms with Crippen LogP contribution in [0.1, 0.15) is 23.7 Å². The van der Waals surface area contributed by atoms with Crippen LogP contribution >= 0.6 is 0 Å². The van der Waals surface area contributed by atoms with Crippen LogP contribution in [0.2, 0.25) is 0 Å². The number of anilines is 1. The monoisotopic (exact) mass is 297 g/mol. The lowest BCUT2D eigenvalue weighted by atomic mass is 9.71. The summed E-state index contributed by atoms with van der Waals surface area (Å²) in [7, 11) is 0. The average molecular weight is 297 g/mol. The number of amides is 2. The molecule has 0 spiro atoms. The van der Waals surface area contributed by atoms with Crippen molar-refractivity contribution in [2.24, 2.45) is 23.2 Å². The molecule has 1 aromatic carbocycles.